The normalized spacial score (nSPS) is 11.9. The Kier molecular flexibility index (Phi) is 4.79. The molecule has 2 heterocycles. The molecule has 3 aromatic rings. The molecule has 0 unspecified atom stereocenters. The van der Waals surface area contributed by atoms with Gasteiger partial charge in [0.05, 0.1) is 29.1 Å². The van der Waals surface area contributed by atoms with Crippen molar-refractivity contribution in [1.82, 2.24) is 10.3 Å². The van der Waals surface area contributed by atoms with Crippen LogP contribution in [0.1, 0.15) is 34.8 Å². The van der Waals surface area contributed by atoms with E-state index in [1.807, 2.05) is 24.3 Å². The summed E-state index contributed by atoms with van der Waals surface area (Å²) in [6.45, 7) is 3.16. The Morgan fingerprint density at radius 1 is 1.24 bits per heavy atom. The lowest BCUT2D eigenvalue weighted by molar-refractivity contribution is -0.125. The van der Waals surface area contributed by atoms with E-state index in [9.17, 15) is 9.59 Å². The highest BCUT2D eigenvalue weighted by Gasteiger charge is 2.16. The lowest BCUT2D eigenvalue weighted by atomic mass is 10.1. The molecule has 3 rings (SSSR count). The molecule has 0 bridgehead atoms. The number of esters is 1. The summed E-state index contributed by atoms with van der Waals surface area (Å²) in [6, 6.07) is 12.4. The molecule has 0 radical (unpaired) electrons. The van der Waals surface area contributed by atoms with Crippen LogP contribution in [0.3, 0.4) is 0 Å². The van der Waals surface area contributed by atoms with Crippen molar-refractivity contribution in [1.29, 1.82) is 0 Å². The van der Waals surface area contributed by atoms with Gasteiger partial charge in [0, 0.05) is 5.39 Å². The minimum absolute atomic E-state index is 0.301. The minimum atomic E-state index is -0.573. The summed E-state index contributed by atoms with van der Waals surface area (Å²) in [5.41, 5.74) is 1.72. The number of aryl methyl sites for hydroxylation is 1. The predicted octanol–water partition coefficient (Wildman–Crippen LogP) is 3.17. The first-order valence-corrected chi connectivity index (χ1v) is 7.91. The number of carbonyl (C=O) groups excluding carboxylic acids is 2. The van der Waals surface area contributed by atoms with Crippen LogP contribution in [0.15, 0.2) is 53.1 Å². The van der Waals surface area contributed by atoms with Crippen molar-refractivity contribution in [3.8, 4) is 0 Å². The van der Waals surface area contributed by atoms with Crippen molar-refractivity contribution in [2.75, 3.05) is 6.61 Å². The molecule has 1 atom stereocenters. The van der Waals surface area contributed by atoms with E-state index in [4.69, 9.17) is 9.15 Å². The van der Waals surface area contributed by atoms with Gasteiger partial charge in [-0.05, 0) is 38.1 Å². The van der Waals surface area contributed by atoms with Crippen molar-refractivity contribution in [3.05, 3.63) is 65.7 Å². The summed E-state index contributed by atoms with van der Waals surface area (Å²) in [4.78, 5) is 28.6. The van der Waals surface area contributed by atoms with Gasteiger partial charge in [0.2, 0.25) is 0 Å². The van der Waals surface area contributed by atoms with E-state index < -0.39 is 11.9 Å². The summed E-state index contributed by atoms with van der Waals surface area (Å²) in [6.07, 6.45) is 1.54. The fourth-order valence-electron chi connectivity index (χ4n) is 2.52. The average Bonchev–Trinajstić information content (AvgIpc) is 3.14. The van der Waals surface area contributed by atoms with Gasteiger partial charge in [-0.25, -0.2) is 4.79 Å². The molecular formula is C19H18N2O4. The SMILES string of the molecule is Cc1nc2ccccc2cc1C(=O)OCC(=O)N[C@@H](C)c1ccco1. The van der Waals surface area contributed by atoms with Gasteiger partial charge in [-0.1, -0.05) is 18.2 Å². The van der Waals surface area contributed by atoms with Gasteiger partial charge in [-0.15, -0.1) is 0 Å². The topological polar surface area (TPSA) is 81.4 Å². The summed E-state index contributed by atoms with van der Waals surface area (Å²) >= 11 is 0. The number of hydrogen-bond donors (Lipinski definition) is 1. The van der Waals surface area contributed by atoms with E-state index in [0.29, 0.717) is 17.0 Å². The quantitative estimate of drug-likeness (QED) is 0.723. The number of hydrogen-bond acceptors (Lipinski definition) is 5. The number of nitrogens with one attached hydrogen (secondary N) is 1. The molecule has 0 saturated heterocycles. The fourth-order valence-corrected chi connectivity index (χ4v) is 2.52. The monoisotopic (exact) mass is 338 g/mol. The van der Waals surface area contributed by atoms with Gasteiger partial charge in [0.15, 0.2) is 6.61 Å². The molecule has 0 spiro atoms. The Morgan fingerprint density at radius 2 is 2.04 bits per heavy atom. The number of para-hydroxylation sites is 1. The van der Waals surface area contributed by atoms with Crippen molar-refractivity contribution < 1.29 is 18.7 Å². The Labute approximate surface area is 144 Å². The second-order valence-corrected chi connectivity index (χ2v) is 5.69. The van der Waals surface area contributed by atoms with E-state index >= 15 is 0 Å². The van der Waals surface area contributed by atoms with E-state index in [1.165, 1.54) is 6.26 Å². The molecule has 0 aliphatic rings. The van der Waals surface area contributed by atoms with E-state index in [0.717, 1.165) is 10.9 Å². The van der Waals surface area contributed by atoms with E-state index in [1.54, 1.807) is 32.0 Å². The molecular weight excluding hydrogens is 320 g/mol. The molecule has 2 aromatic heterocycles. The average molecular weight is 338 g/mol. The molecule has 128 valence electrons. The molecule has 25 heavy (non-hydrogen) atoms. The Morgan fingerprint density at radius 3 is 2.80 bits per heavy atom. The lowest BCUT2D eigenvalue weighted by Crippen LogP contribution is -2.31. The number of furan rings is 1. The van der Waals surface area contributed by atoms with Gasteiger partial charge < -0.3 is 14.5 Å². The number of nitrogens with zero attached hydrogens (tertiary/aromatic N) is 1. The van der Waals surface area contributed by atoms with Crippen LogP contribution in [0.25, 0.3) is 10.9 Å². The van der Waals surface area contributed by atoms with Crippen LogP contribution in [-0.4, -0.2) is 23.5 Å². The number of fused-ring (bicyclic) bond motifs is 1. The van der Waals surface area contributed by atoms with E-state index in [2.05, 4.69) is 10.3 Å². The van der Waals surface area contributed by atoms with Crippen LogP contribution in [0.2, 0.25) is 0 Å². The van der Waals surface area contributed by atoms with Gasteiger partial charge >= 0.3 is 5.97 Å². The second kappa shape index (κ2) is 7.17. The van der Waals surface area contributed by atoms with Gasteiger partial charge in [0.25, 0.3) is 5.91 Å². The smallest absolute Gasteiger partial charge is 0.340 e. The zero-order valence-electron chi connectivity index (χ0n) is 14.0. The third-order valence-corrected chi connectivity index (χ3v) is 3.82. The second-order valence-electron chi connectivity index (χ2n) is 5.69. The summed E-state index contributed by atoms with van der Waals surface area (Å²) < 4.78 is 10.3. The highest BCUT2D eigenvalue weighted by Crippen LogP contribution is 2.17. The molecule has 6 heteroatoms. The third kappa shape index (κ3) is 3.85. The van der Waals surface area contributed by atoms with Crippen LogP contribution in [0.4, 0.5) is 0 Å². The summed E-state index contributed by atoms with van der Waals surface area (Å²) in [7, 11) is 0. The number of carbonyl (C=O) groups is 2. The maximum atomic E-state index is 12.3. The first-order chi connectivity index (χ1) is 12.0. The van der Waals surface area contributed by atoms with Crippen LogP contribution in [0.5, 0.6) is 0 Å². The van der Waals surface area contributed by atoms with Crippen LogP contribution >= 0.6 is 0 Å². The Balaban J connectivity index is 1.62. The number of amides is 1. The van der Waals surface area contributed by atoms with Crippen molar-refractivity contribution >= 4 is 22.8 Å². The van der Waals surface area contributed by atoms with Crippen LogP contribution in [0, 0.1) is 6.92 Å². The lowest BCUT2D eigenvalue weighted by Gasteiger charge is -2.12. The zero-order valence-corrected chi connectivity index (χ0v) is 14.0. The first-order valence-electron chi connectivity index (χ1n) is 7.91. The third-order valence-electron chi connectivity index (χ3n) is 3.82. The number of aromatic nitrogens is 1. The zero-order chi connectivity index (χ0) is 17.8. The maximum Gasteiger partial charge on any atom is 0.340 e. The molecule has 0 aliphatic carbocycles. The summed E-state index contributed by atoms with van der Waals surface area (Å²) in [5.74, 6) is -0.338. The minimum Gasteiger partial charge on any atom is -0.467 e. The number of ether oxygens (including phenoxy) is 1. The number of rotatable bonds is 5. The standard InChI is InChI=1S/C19H18N2O4/c1-12-15(10-14-6-3-4-7-16(14)20-12)19(23)25-11-18(22)21-13(2)17-8-5-9-24-17/h3-10,13H,11H2,1-2H3,(H,21,22)/t13-/m0/s1. The predicted molar refractivity (Wildman–Crippen MR) is 92.0 cm³/mol. The van der Waals surface area contributed by atoms with Crippen molar-refractivity contribution in [3.63, 3.8) is 0 Å². The fraction of sp³-hybridized carbons (Fsp3) is 0.211. The molecule has 1 N–H and O–H groups in total. The van der Waals surface area contributed by atoms with Gasteiger partial charge in [0.1, 0.15) is 5.76 Å². The van der Waals surface area contributed by atoms with Crippen LogP contribution < -0.4 is 5.32 Å². The number of benzene rings is 1. The Bertz CT molecular complexity index is 903. The Hall–Kier alpha value is -3.15. The molecule has 0 saturated carbocycles. The number of pyridine rings is 1. The van der Waals surface area contributed by atoms with E-state index in [-0.39, 0.29) is 12.6 Å². The highest BCUT2D eigenvalue weighted by molar-refractivity contribution is 5.96. The maximum absolute atomic E-state index is 12.3. The van der Waals surface area contributed by atoms with Crippen molar-refractivity contribution in [2.24, 2.45) is 0 Å². The molecule has 0 fully saturated rings. The van der Waals surface area contributed by atoms with Crippen molar-refractivity contribution in [2.45, 2.75) is 19.9 Å². The van der Waals surface area contributed by atoms with Gasteiger partial charge in [-0.3, -0.25) is 9.78 Å². The molecule has 0 aliphatic heterocycles. The molecule has 1 amide bonds. The van der Waals surface area contributed by atoms with Crippen LogP contribution in [-0.2, 0) is 9.53 Å². The molecule has 1 aromatic carbocycles. The molecule has 6 nitrogen and oxygen atoms in total. The first kappa shape index (κ1) is 16.7. The van der Waals surface area contributed by atoms with Gasteiger partial charge in [-0.2, -0.15) is 0 Å². The largest absolute Gasteiger partial charge is 0.467 e. The highest BCUT2D eigenvalue weighted by atomic mass is 16.5. The summed E-state index contributed by atoms with van der Waals surface area (Å²) in [5, 5.41) is 3.55.